The minimum absolute atomic E-state index is 0. The Labute approximate surface area is 254 Å². The SMILES string of the molecule is N.NC1C(OC2C(COCCO)OC(OC3C(COCCO)OC(O)C(N)C3O)C(N)C2O)OC(COCCO)C(O)C1O. The fourth-order valence-electron chi connectivity index (χ4n) is 4.94. The van der Waals surface area contributed by atoms with E-state index in [1.54, 1.807) is 0 Å². The first kappa shape index (κ1) is 39.4. The topological polar surface area (TPSA) is 349 Å². The predicted octanol–water partition coefficient (Wildman–Crippen LogP) is -7.46. The van der Waals surface area contributed by atoms with Gasteiger partial charge in [-0.1, -0.05) is 0 Å². The largest absolute Gasteiger partial charge is 0.394 e. The molecule has 20 nitrogen and oxygen atoms in total. The van der Waals surface area contributed by atoms with Crippen LogP contribution in [0.5, 0.6) is 0 Å². The van der Waals surface area contributed by atoms with E-state index in [2.05, 4.69) is 0 Å². The fraction of sp³-hybridized carbons (Fsp3) is 1.00. The summed E-state index contributed by atoms with van der Waals surface area (Å²) in [7, 11) is 0. The van der Waals surface area contributed by atoms with Crippen molar-refractivity contribution in [2.24, 2.45) is 17.2 Å². The zero-order valence-corrected chi connectivity index (χ0v) is 24.3. The van der Waals surface area contributed by atoms with Crippen molar-refractivity contribution in [3.8, 4) is 0 Å². The Bertz CT molecular complexity index is 796. The summed E-state index contributed by atoms with van der Waals surface area (Å²) in [5, 5.41) is 80.1. The lowest BCUT2D eigenvalue weighted by atomic mass is 9.94. The Kier molecular flexibility index (Phi) is 17.1. The van der Waals surface area contributed by atoms with Gasteiger partial charge in [0.25, 0.3) is 0 Å². The first-order valence-electron chi connectivity index (χ1n) is 14.1. The van der Waals surface area contributed by atoms with Gasteiger partial charge in [-0.15, -0.1) is 0 Å². The third-order valence-electron chi connectivity index (χ3n) is 7.35. The molecular weight excluding hydrogens is 600 g/mol. The van der Waals surface area contributed by atoms with Crippen molar-refractivity contribution in [2.75, 3.05) is 59.5 Å². The first-order chi connectivity index (χ1) is 20.5. The van der Waals surface area contributed by atoms with E-state index in [-0.39, 0.29) is 65.6 Å². The van der Waals surface area contributed by atoms with E-state index in [1.807, 2.05) is 0 Å². The molecule has 0 radical (unpaired) electrons. The summed E-state index contributed by atoms with van der Waals surface area (Å²) >= 11 is 0. The van der Waals surface area contributed by atoms with Crippen LogP contribution in [0.15, 0.2) is 0 Å². The van der Waals surface area contributed by atoms with E-state index in [1.165, 1.54) is 0 Å². The van der Waals surface area contributed by atoms with Gasteiger partial charge in [0, 0.05) is 0 Å². The van der Waals surface area contributed by atoms with Gasteiger partial charge in [-0.3, -0.25) is 0 Å². The number of aliphatic hydroxyl groups is 8. The van der Waals surface area contributed by atoms with E-state index >= 15 is 0 Å². The van der Waals surface area contributed by atoms with Gasteiger partial charge in [0.1, 0.15) is 54.9 Å². The molecule has 262 valence electrons. The Hall–Kier alpha value is -0.800. The van der Waals surface area contributed by atoms with Crippen LogP contribution in [0.2, 0.25) is 0 Å². The van der Waals surface area contributed by atoms with Crippen LogP contribution in [-0.2, 0) is 37.9 Å². The molecule has 3 heterocycles. The maximum atomic E-state index is 11.3. The molecule has 0 saturated carbocycles. The van der Waals surface area contributed by atoms with E-state index in [0.717, 1.165) is 0 Å². The molecule has 0 aromatic rings. The van der Waals surface area contributed by atoms with Crippen molar-refractivity contribution < 1.29 is 78.7 Å². The zero-order valence-electron chi connectivity index (χ0n) is 24.3. The van der Waals surface area contributed by atoms with Gasteiger partial charge in [0.05, 0.1) is 77.6 Å². The third kappa shape index (κ3) is 9.85. The van der Waals surface area contributed by atoms with Crippen LogP contribution in [0.25, 0.3) is 0 Å². The molecule has 0 bridgehead atoms. The molecule has 3 rings (SSSR count). The van der Waals surface area contributed by atoms with Crippen LogP contribution in [0.3, 0.4) is 0 Å². The van der Waals surface area contributed by atoms with Crippen LogP contribution < -0.4 is 23.4 Å². The Morgan fingerprint density at radius 1 is 0.500 bits per heavy atom. The van der Waals surface area contributed by atoms with Crippen LogP contribution in [0.4, 0.5) is 0 Å². The van der Waals surface area contributed by atoms with Gasteiger partial charge in [-0.05, 0) is 0 Å². The minimum Gasteiger partial charge on any atom is -0.394 e. The summed E-state index contributed by atoms with van der Waals surface area (Å²) in [5.74, 6) is 0. The Balaban J connectivity index is 0.00000675. The maximum Gasteiger partial charge on any atom is 0.176 e. The van der Waals surface area contributed by atoms with Gasteiger partial charge in [0.15, 0.2) is 18.9 Å². The molecule has 0 aromatic carbocycles. The molecule has 3 saturated heterocycles. The number of ether oxygens (including phenoxy) is 8. The molecule has 3 aliphatic heterocycles. The highest BCUT2D eigenvalue weighted by Crippen LogP contribution is 2.31. The van der Waals surface area contributed by atoms with Gasteiger partial charge in [-0.25, -0.2) is 0 Å². The monoisotopic (exact) mass is 650 g/mol. The zero-order chi connectivity index (χ0) is 31.7. The van der Waals surface area contributed by atoms with Gasteiger partial charge in [-0.2, -0.15) is 0 Å². The van der Waals surface area contributed by atoms with Crippen molar-refractivity contribution >= 4 is 0 Å². The lowest BCUT2D eigenvalue weighted by Crippen LogP contribution is -2.69. The molecule has 15 atom stereocenters. The van der Waals surface area contributed by atoms with E-state index in [9.17, 15) is 30.6 Å². The van der Waals surface area contributed by atoms with Crippen LogP contribution in [-0.4, -0.2) is 192 Å². The van der Waals surface area contributed by atoms with E-state index in [0.29, 0.717) is 0 Å². The minimum atomic E-state index is -1.55. The number of rotatable bonds is 16. The molecule has 20 heteroatoms. The summed E-state index contributed by atoms with van der Waals surface area (Å²) in [6.45, 7) is -1.76. The lowest BCUT2D eigenvalue weighted by molar-refractivity contribution is -0.349. The summed E-state index contributed by atoms with van der Waals surface area (Å²) in [5.41, 5.74) is 18.2. The quantitative estimate of drug-likeness (QED) is 0.0690. The average Bonchev–Trinajstić information content (AvgIpc) is 2.99. The number of hydrogen-bond acceptors (Lipinski definition) is 20. The molecule has 0 aromatic heterocycles. The summed E-state index contributed by atoms with van der Waals surface area (Å²) in [4.78, 5) is 0. The Morgan fingerprint density at radius 3 is 1.36 bits per heavy atom. The van der Waals surface area contributed by atoms with Gasteiger partial charge in [0.2, 0.25) is 0 Å². The number of aliphatic hydroxyl groups excluding tert-OH is 8. The molecule has 0 amide bonds. The second-order valence-electron chi connectivity index (χ2n) is 10.4. The fourth-order valence-corrected chi connectivity index (χ4v) is 4.94. The number of nitrogens with two attached hydrogens (primary N) is 3. The van der Waals surface area contributed by atoms with Crippen molar-refractivity contribution in [1.82, 2.24) is 6.15 Å². The predicted molar refractivity (Wildman–Crippen MR) is 145 cm³/mol. The second kappa shape index (κ2) is 19.1. The Morgan fingerprint density at radius 2 is 0.886 bits per heavy atom. The van der Waals surface area contributed by atoms with Crippen LogP contribution >= 0.6 is 0 Å². The molecule has 17 N–H and O–H groups in total. The van der Waals surface area contributed by atoms with Gasteiger partial charge < -0.3 is 102 Å². The second-order valence-corrected chi connectivity index (χ2v) is 10.4. The smallest absolute Gasteiger partial charge is 0.176 e. The van der Waals surface area contributed by atoms with Crippen LogP contribution in [0, 0.1) is 0 Å². The highest BCUT2D eigenvalue weighted by molar-refractivity contribution is 4.98. The normalized spacial score (nSPS) is 43.0. The first-order valence-corrected chi connectivity index (χ1v) is 14.1. The van der Waals surface area contributed by atoms with Crippen LogP contribution in [0.1, 0.15) is 0 Å². The molecule has 0 aliphatic carbocycles. The lowest BCUT2D eigenvalue weighted by Gasteiger charge is -2.49. The highest BCUT2D eigenvalue weighted by Gasteiger charge is 2.52. The van der Waals surface area contributed by atoms with Crippen molar-refractivity contribution in [3.05, 3.63) is 0 Å². The molecule has 3 aliphatic rings. The molecular formula is C24H50N4O16. The van der Waals surface area contributed by atoms with Crippen molar-refractivity contribution in [3.63, 3.8) is 0 Å². The molecule has 44 heavy (non-hydrogen) atoms. The highest BCUT2D eigenvalue weighted by atomic mass is 16.7. The van der Waals surface area contributed by atoms with Gasteiger partial charge >= 0.3 is 0 Å². The molecule has 0 spiro atoms. The summed E-state index contributed by atoms with van der Waals surface area (Å²) < 4.78 is 45.0. The summed E-state index contributed by atoms with van der Waals surface area (Å²) in [6.07, 6.45) is -16.2. The maximum absolute atomic E-state index is 11.3. The van der Waals surface area contributed by atoms with E-state index in [4.69, 9.17) is 65.3 Å². The van der Waals surface area contributed by atoms with Crippen molar-refractivity contribution in [2.45, 2.75) is 91.9 Å². The number of hydrogen-bond donors (Lipinski definition) is 12. The standard InChI is InChI=1S/C24H47N3O16.H3N/c25-13-18(33)20(11(39-22(13)35)8-37-5-2-29)42-24-15(27)19(34)21(12(41-24)9-38-6-3-30)43-23-14(26)17(32)16(31)10(40-23)7-36-4-1-28;/h10-24,28-35H,1-9,25-27H2;1H3. The third-order valence-corrected chi connectivity index (χ3v) is 7.35. The molecule has 15 unspecified atom stereocenters. The molecule has 3 fully saturated rings. The van der Waals surface area contributed by atoms with E-state index < -0.39 is 91.9 Å². The summed E-state index contributed by atoms with van der Waals surface area (Å²) in [6, 6.07) is -3.88. The average molecular weight is 651 g/mol. The van der Waals surface area contributed by atoms with Crippen molar-refractivity contribution in [1.29, 1.82) is 0 Å².